The van der Waals surface area contributed by atoms with E-state index in [-0.39, 0.29) is 6.04 Å². The lowest BCUT2D eigenvalue weighted by atomic mass is 9.95. The van der Waals surface area contributed by atoms with Crippen LogP contribution in [-0.2, 0) is 12.8 Å². The maximum absolute atomic E-state index is 9.40. The first kappa shape index (κ1) is 12.8. The van der Waals surface area contributed by atoms with Crippen molar-refractivity contribution < 1.29 is 0 Å². The molecular weight excluding hydrogens is 246 g/mol. The van der Waals surface area contributed by atoms with Crippen LogP contribution in [0.3, 0.4) is 0 Å². The Hall–Kier alpha value is -2.21. The Morgan fingerprint density at radius 3 is 2.60 bits per heavy atom. The van der Waals surface area contributed by atoms with Gasteiger partial charge in [-0.1, -0.05) is 30.3 Å². The number of anilines is 1. The van der Waals surface area contributed by atoms with Gasteiger partial charge < -0.3 is 10.3 Å². The minimum atomic E-state index is 0.171. The number of nitrogen functional groups attached to an aromatic ring is 1. The molecule has 2 aromatic rings. The van der Waals surface area contributed by atoms with Crippen molar-refractivity contribution >= 4 is 5.82 Å². The summed E-state index contributed by atoms with van der Waals surface area (Å²) in [5.74, 6) is 0.635. The predicted molar refractivity (Wildman–Crippen MR) is 80.5 cm³/mol. The van der Waals surface area contributed by atoms with E-state index in [0.29, 0.717) is 11.4 Å². The minimum absolute atomic E-state index is 0.171. The van der Waals surface area contributed by atoms with E-state index < -0.39 is 0 Å². The molecule has 1 aromatic heterocycles. The van der Waals surface area contributed by atoms with E-state index in [1.54, 1.807) is 0 Å². The predicted octanol–water partition coefficient (Wildman–Crippen LogP) is 3.43. The molecule has 1 aliphatic rings. The fraction of sp³-hybridized carbons (Fsp3) is 0.353. The zero-order chi connectivity index (χ0) is 14.1. The van der Waals surface area contributed by atoms with Gasteiger partial charge in [-0.15, -0.1) is 0 Å². The van der Waals surface area contributed by atoms with Crippen molar-refractivity contribution in [3.8, 4) is 6.07 Å². The molecule has 2 N–H and O–H groups in total. The van der Waals surface area contributed by atoms with Crippen molar-refractivity contribution in [3.05, 3.63) is 52.7 Å². The van der Waals surface area contributed by atoms with Gasteiger partial charge in [0.05, 0.1) is 11.6 Å². The van der Waals surface area contributed by atoms with Gasteiger partial charge in [-0.2, -0.15) is 5.26 Å². The van der Waals surface area contributed by atoms with Gasteiger partial charge in [0, 0.05) is 5.69 Å². The number of nitrogens with zero attached hydrogens (tertiary/aromatic N) is 2. The molecule has 0 radical (unpaired) electrons. The topological polar surface area (TPSA) is 54.7 Å². The summed E-state index contributed by atoms with van der Waals surface area (Å²) in [4.78, 5) is 0. The third-order valence-electron chi connectivity index (χ3n) is 4.33. The third-order valence-corrected chi connectivity index (χ3v) is 4.33. The fourth-order valence-electron chi connectivity index (χ4n) is 3.29. The van der Waals surface area contributed by atoms with E-state index in [0.717, 1.165) is 19.3 Å². The molecule has 0 bridgehead atoms. The zero-order valence-corrected chi connectivity index (χ0v) is 11.8. The average Bonchev–Trinajstić information content (AvgIpc) is 2.79. The summed E-state index contributed by atoms with van der Waals surface area (Å²) in [5.41, 5.74) is 10.6. The molecule has 1 aliphatic carbocycles. The van der Waals surface area contributed by atoms with Gasteiger partial charge in [-0.05, 0) is 43.7 Å². The van der Waals surface area contributed by atoms with Crippen LogP contribution in [0.4, 0.5) is 5.82 Å². The Morgan fingerprint density at radius 2 is 1.90 bits per heavy atom. The smallest absolute Gasteiger partial charge is 0.122 e. The zero-order valence-electron chi connectivity index (χ0n) is 11.8. The van der Waals surface area contributed by atoms with Crippen LogP contribution in [0.5, 0.6) is 0 Å². The maximum atomic E-state index is 9.40. The Bertz CT molecular complexity index is 662. The summed E-state index contributed by atoms with van der Waals surface area (Å²) < 4.78 is 2.17. The SMILES string of the molecule is CC(c1ccccc1)n1c(N)c(C#N)c2c1CCCC2. The highest BCUT2D eigenvalue weighted by Crippen LogP contribution is 2.35. The molecule has 1 unspecified atom stereocenters. The number of nitrogens with two attached hydrogens (primary N) is 1. The van der Waals surface area contributed by atoms with Crippen LogP contribution in [0.1, 0.15) is 48.2 Å². The van der Waals surface area contributed by atoms with Crippen molar-refractivity contribution in [1.82, 2.24) is 4.57 Å². The van der Waals surface area contributed by atoms with Gasteiger partial charge in [0.25, 0.3) is 0 Å². The lowest BCUT2D eigenvalue weighted by Crippen LogP contribution is -2.15. The van der Waals surface area contributed by atoms with Crippen LogP contribution < -0.4 is 5.73 Å². The van der Waals surface area contributed by atoms with E-state index in [4.69, 9.17) is 5.73 Å². The summed E-state index contributed by atoms with van der Waals surface area (Å²) in [6, 6.07) is 12.8. The highest BCUT2D eigenvalue weighted by molar-refractivity contribution is 5.60. The number of hydrogen-bond donors (Lipinski definition) is 1. The summed E-state index contributed by atoms with van der Waals surface area (Å²) in [7, 11) is 0. The molecule has 0 aliphatic heterocycles. The molecule has 102 valence electrons. The van der Waals surface area contributed by atoms with Crippen LogP contribution in [0, 0.1) is 11.3 Å². The average molecular weight is 265 g/mol. The molecule has 0 saturated heterocycles. The van der Waals surface area contributed by atoms with Gasteiger partial charge in [0.1, 0.15) is 11.9 Å². The second-order valence-electron chi connectivity index (χ2n) is 5.46. The molecule has 0 saturated carbocycles. The standard InChI is InChI=1S/C17H19N3/c1-12(13-7-3-2-4-8-13)20-16-10-6-5-9-14(16)15(11-18)17(20)19/h2-4,7-8,12H,5-6,9-10,19H2,1H3. The fourth-order valence-corrected chi connectivity index (χ4v) is 3.29. The van der Waals surface area contributed by atoms with Crippen molar-refractivity contribution in [2.75, 3.05) is 5.73 Å². The van der Waals surface area contributed by atoms with Crippen LogP contribution in [0.2, 0.25) is 0 Å². The molecule has 1 aromatic carbocycles. The lowest BCUT2D eigenvalue weighted by Gasteiger charge is -2.22. The van der Waals surface area contributed by atoms with Gasteiger partial charge >= 0.3 is 0 Å². The van der Waals surface area contributed by atoms with Gasteiger partial charge in [0.15, 0.2) is 0 Å². The van der Waals surface area contributed by atoms with E-state index >= 15 is 0 Å². The number of nitriles is 1. The summed E-state index contributed by atoms with van der Waals surface area (Å²) in [6.45, 7) is 2.15. The first-order valence-corrected chi connectivity index (χ1v) is 7.20. The third kappa shape index (κ3) is 1.89. The lowest BCUT2D eigenvalue weighted by molar-refractivity contribution is 0.577. The van der Waals surface area contributed by atoms with E-state index in [2.05, 4.69) is 29.7 Å². The van der Waals surface area contributed by atoms with E-state index in [9.17, 15) is 5.26 Å². The molecule has 1 atom stereocenters. The van der Waals surface area contributed by atoms with Gasteiger partial charge in [0.2, 0.25) is 0 Å². The van der Waals surface area contributed by atoms with Crippen molar-refractivity contribution in [3.63, 3.8) is 0 Å². The number of aromatic nitrogens is 1. The van der Waals surface area contributed by atoms with E-state index in [1.165, 1.54) is 23.2 Å². The Balaban J connectivity index is 2.15. The van der Waals surface area contributed by atoms with Crippen molar-refractivity contribution in [2.45, 2.75) is 38.6 Å². The molecule has 1 heterocycles. The molecule has 3 rings (SSSR count). The summed E-state index contributed by atoms with van der Waals surface area (Å²) in [6.07, 6.45) is 4.35. The first-order chi connectivity index (χ1) is 9.74. The summed E-state index contributed by atoms with van der Waals surface area (Å²) in [5, 5.41) is 9.40. The van der Waals surface area contributed by atoms with Crippen LogP contribution >= 0.6 is 0 Å². The van der Waals surface area contributed by atoms with Crippen LogP contribution in [-0.4, -0.2) is 4.57 Å². The molecule has 20 heavy (non-hydrogen) atoms. The molecular formula is C17H19N3. The monoisotopic (exact) mass is 265 g/mol. The molecule has 0 fully saturated rings. The second-order valence-corrected chi connectivity index (χ2v) is 5.46. The molecule has 0 spiro atoms. The Labute approximate surface area is 119 Å². The maximum Gasteiger partial charge on any atom is 0.122 e. The summed E-state index contributed by atoms with van der Waals surface area (Å²) >= 11 is 0. The number of rotatable bonds is 2. The Morgan fingerprint density at radius 1 is 1.20 bits per heavy atom. The molecule has 3 heteroatoms. The van der Waals surface area contributed by atoms with E-state index in [1.807, 2.05) is 18.2 Å². The quantitative estimate of drug-likeness (QED) is 0.904. The first-order valence-electron chi connectivity index (χ1n) is 7.20. The van der Waals surface area contributed by atoms with Crippen LogP contribution in [0.25, 0.3) is 0 Å². The number of benzene rings is 1. The van der Waals surface area contributed by atoms with Gasteiger partial charge in [-0.3, -0.25) is 0 Å². The highest BCUT2D eigenvalue weighted by atomic mass is 15.1. The minimum Gasteiger partial charge on any atom is -0.384 e. The van der Waals surface area contributed by atoms with Crippen molar-refractivity contribution in [1.29, 1.82) is 5.26 Å². The normalized spacial score (nSPS) is 15.4. The molecule has 3 nitrogen and oxygen atoms in total. The van der Waals surface area contributed by atoms with Crippen LogP contribution in [0.15, 0.2) is 30.3 Å². The molecule has 0 amide bonds. The highest BCUT2D eigenvalue weighted by Gasteiger charge is 2.26. The second kappa shape index (κ2) is 5.05. The largest absolute Gasteiger partial charge is 0.384 e. The number of hydrogen-bond acceptors (Lipinski definition) is 2. The Kier molecular flexibility index (Phi) is 3.23. The van der Waals surface area contributed by atoms with Crippen molar-refractivity contribution in [2.24, 2.45) is 0 Å². The number of fused-ring (bicyclic) bond motifs is 1. The van der Waals surface area contributed by atoms with Gasteiger partial charge in [-0.25, -0.2) is 0 Å².